The van der Waals surface area contributed by atoms with Crippen LogP contribution in [0.1, 0.15) is 39.3 Å². The van der Waals surface area contributed by atoms with Gasteiger partial charge in [0.25, 0.3) is 0 Å². The van der Waals surface area contributed by atoms with Crippen LogP contribution in [0.2, 0.25) is 10.0 Å². The number of halogens is 3. The molecule has 1 rings (SSSR count). The molecule has 1 atom stereocenters. The Morgan fingerprint density at radius 3 is 2.50 bits per heavy atom. The molecule has 1 amide bonds. The normalized spacial score (nSPS) is 12.9. The Kier molecular flexibility index (Phi) is 5.62. The number of benzene rings is 1. The van der Waals surface area contributed by atoms with E-state index < -0.39 is 23.6 Å². The van der Waals surface area contributed by atoms with Gasteiger partial charge in [-0.1, -0.05) is 23.2 Å². The minimum absolute atomic E-state index is 0.0801. The van der Waals surface area contributed by atoms with Crippen LogP contribution in [-0.4, -0.2) is 11.7 Å². The molecule has 0 aliphatic rings. The first-order valence-electron chi connectivity index (χ1n) is 5.99. The predicted molar refractivity (Wildman–Crippen MR) is 77.3 cm³/mol. The minimum Gasteiger partial charge on any atom is -0.443 e. The van der Waals surface area contributed by atoms with Gasteiger partial charge in [0.05, 0.1) is 11.1 Å². The first-order chi connectivity index (χ1) is 9.11. The van der Waals surface area contributed by atoms with Crippen LogP contribution in [0.5, 0.6) is 0 Å². The van der Waals surface area contributed by atoms with Crippen molar-refractivity contribution in [2.75, 3.05) is 0 Å². The molecule has 1 aromatic carbocycles. The third-order valence-corrected chi connectivity index (χ3v) is 3.02. The molecule has 7 heteroatoms. The molecule has 0 heterocycles. The van der Waals surface area contributed by atoms with Crippen molar-refractivity contribution in [1.82, 2.24) is 10.9 Å². The van der Waals surface area contributed by atoms with Gasteiger partial charge in [0.1, 0.15) is 11.4 Å². The summed E-state index contributed by atoms with van der Waals surface area (Å²) in [6.07, 6.45) is -0.645. The second-order valence-corrected chi connectivity index (χ2v) is 6.03. The van der Waals surface area contributed by atoms with Crippen molar-refractivity contribution in [3.8, 4) is 0 Å². The summed E-state index contributed by atoms with van der Waals surface area (Å²) >= 11 is 11.9. The summed E-state index contributed by atoms with van der Waals surface area (Å²) in [5, 5.41) is 0.228. The Bertz CT molecular complexity index is 504. The van der Waals surface area contributed by atoms with Crippen LogP contribution in [0.3, 0.4) is 0 Å². The number of carbonyl (C=O) groups excluding carboxylic acids is 1. The fraction of sp³-hybridized carbons (Fsp3) is 0.462. The van der Waals surface area contributed by atoms with Crippen molar-refractivity contribution in [2.24, 2.45) is 0 Å². The molecule has 2 N–H and O–H groups in total. The Morgan fingerprint density at radius 1 is 1.35 bits per heavy atom. The van der Waals surface area contributed by atoms with Crippen molar-refractivity contribution in [3.05, 3.63) is 33.6 Å². The molecule has 4 nitrogen and oxygen atoms in total. The zero-order valence-corrected chi connectivity index (χ0v) is 13.2. The maximum Gasteiger partial charge on any atom is 0.422 e. The number of hydrazine groups is 1. The number of hydrogen-bond acceptors (Lipinski definition) is 3. The van der Waals surface area contributed by atoms with Crippen LogP contribution < -0.4 is 10.9 Å². The molecule has 1 unspecified atom stereocenters. The summed E-state index contributed by atoms with van der Waals surface area (Å²) in [5.41, 5.74) is 4.79. The Hall–Kier alpha value is -1.04. The SMILES string of the molecule is CC(NNC(=O)OC(C)(C)C)c1c(Cl)ccc(F)c1Cl. The number of ether oxygens (including phenoxy) is 1. The third kappa shape index (κ3) is 4.81. The highest BCUT2D eigenvalue weighted by molar-refractivity contribution is 6.36. The quantitative estimate of drug-likeness (QED) is 0.647. The van der Waals surface area contributed by atoms with Gasteiger partial charge in [-0.15, -0.1) is 0 Å². The molecule has 0 fully saturated rings. The van der Waals surface area contributed by atoms with E-state index in [0.29, 0.717) is 10.6 Å². The van der Waals surface area contributed by atoms with Crippen LogP contribution in [0, 0.1) is 5.82 Å². The summed E-state index contributed by atoms with van der Waals surface area (Å²) in [4.78, 5) is 11.5. The smallest absolute Gasteiger partial charge is 0.422 e. The lowest BCUT2D eigenvalue weighted by atomic mass is 10.1. The fourth-order valence-corrected chi connectivity index (χ4v) is 2.18. The standard InChI is InChI=1S/C13H17Cl2FN2O2/c1-7(17-18-12(19)20-13(2,3)4)10-8(14)5-6-9(16)11(10)15/h5-7,17H,1-4H3,(H,18,19). The zero-order valence-electron chi connectivity index (χ0n) is 11.7. The second kappa shape index (κ2) is 6.61. The Balaban J connectivity index is 2.71. The van der Waals surface area contributed by atoms with Gasteiger partial charge in [0.2, 0.25) is 0 Å². The molecule has 112 valence electrons. The summed E-state index contributed by atoms with van der Waals surface area (Å²) in [5.74, 6) is -0.572. The molecule has 0 aliphatic carbocycles. The maximum atomic E-state index is 13.4. The fourth-order valence-electron chi connectivity index (χ4n) is 1.48. The summed E-state index contributed by atoms with van der Waals surface area (Å²) in [7, 11) is 0. The third-order valence-electron chi connectivity index (χ3n) is 2.30. The average molecular weight is 323 g/mol. The zero-order chi connectivity index (χ0) is 15.5. The van der Waals surface area contributed by atoms with E-state index in [9.17, 15) is 9.18 Å². The van der Waals surface area contributed by atoms with Gasteiger partial charge in [-0.05, 0) is 39.8 Å². The lowest BCUT2D eigenvalue weighted by molar-refractivity contribution is 0.0489. The molecule has 0 saturated heterocycles. The number of amides is 1. The lowest BCUT2D eigenvalue weighted by Crippen LogP contribution is -2.42. The van der Waals surface area contributed by atoms with Crippen LogP contribution in [0.15, 0.2) is 12.1 Å². The molecule has 0 radical (unpaired) electrons. The average Bonchev–Trinajstić information content (AvgIpc) is 2.30. The van der Waals surface area contributed by atoms with E-state index in [1.165, 1.54) is 12.1 Å². The molecular weight excluding hydrogens is 306 g/mol. The van der Waals surface area contributed by atoms with E-state index in [1.807, 2.05) is 0 Å². The van der Waals surface area contributed by atoms with E-state index >= 15 is 0 Å². The Labute approximate surface area is 127 Å². The number of carbonyl (C=O) groups is 1. The molecular formula is C13H17Cl2FN2O2. The van der Waals surface area contributed by atoms with Crippen LogP contribution in [0.25, 0.3) is 0 Å². The molecule has 0 saturated carbocycles. The van der Waals surface area contributed by atoms with Gasteiger partial charge >= 0.3 is 6.09 Å². The monoisotopic (exact) mass is 322 g/mol. The van der Waals surface area contributed by atoms with E-state index in [4.69, 9.17) is 27.9 Å². The van der Waals surface area contributed by atoms with Crippen molar-refractivity contribution in [1.29, 1.82) is 0 Å². The van der Waals surface area contributed by atoms with E-state index in [-0.39, 0.29) is 5.02 Å². The van der Waals surface area contributed by atoms with Crippen LogP contribution in [-0.2, 0) is 4.74 Å². The molecule has 0 aliphatic heterocycles. The van der Waals surface area contributed by atoms with Gasteiger partial charge in [0, 0.05) is 10.6 Å². The highest BCUT2D eigenvalue weighted by Gasteiger charge is 2.19. The van der Waals surface area contributed by atoms with Crippen LogP contribution >= 0.6 is 23.2 Å². The van der Waals surface area contributed by atoms with Gasteiger partial charge in [-0.2, -0.15) is 0 Å². The van der Waals surface area contributed by atoms with Crippen molar-refractivity contribution >= 4 is 29.3 Å². The number of rotatable bonds is 3. The van der Waals surface area contributed by atoms with Gasteiger partial charge in [-0.25, -0.2) is 14.6 Å². The maximum absolute atomic E-state index is 13.4. The van der Waals surface area contributed by atoms with E-state index in [1.54, 1.807) is 27.7 Å². The first-order valence-corrected chi connectivity index (χ1v) is 6.75. The largest absolute Gasteiger partial charge is 0.443 e. The second-order valence-electron chi connectivity index (χ2n) is 5.25. The number of nitrogens with one attached hydrogen (secondary N) is 2. The van der Waals surface area contributed by atoms with Crippen molar-refractivity contribution < 1.29 is 13.9 Å². The predicted octanol–water partition coefficient (Wildman–Crippen LogP) is 4.22. The van der Waals surface area contributed by atoms with Gasteiger partial charge in [-0.3, -0.25) is 5.43 Å². The molecule has 20 heavy (non-hydrogen) atoms. The lowest BCUT2D eigenvalue weighted by Gasteiger charge is -2.22. The molecule has 0 aromatic heterocycles. The van der Waals surface area contributed by atoms with Gasteiger partial charge < -0.3 is 4.74 Å². The molecule has 0 spiro atoms. The summed E-state index contributed by atoms with van der Waals surface area (Å²) in [6, 6.07) is 2.10. The van der Waals surface area contributed by atoms with Crippen LogP contribution in [0.4, 0.5) is 9.18 Å². The highest BCUT2D eigenvalue weighted by Crippen LogP contribution is 2.31. The van der Waals surface area contributed by atoms with Crippen molar-refractivity contribution in [2.45, 2.75) is 39.3 Å². The van der Waals surface area contributed by atoms with E-state index in [2.05, 4.69) is 10.9 Å². The van der Waals surface area contributed by atoms with E-state index in [0.717, 1.165) is 0 Å². The summed E-state index contributed by atoms with van der Waals surface area (Å²) < 4.78 is 18.5. The molecule has 1 aromatic rings. The topological polar surface area (TPSA) is 50.4 Å². The minimum atomic E-state index is -0.645. The number of hydrogen-bond donors (Lipinski definition) is 2. The first kappa shape index (κ1) is 17.0. The molecule has 0 bridgehead atoms. The van der Waals surface area contributed by atoms with Gasteiger partial charge in [0.15, 0.2) is 0 Å². The summed E-state index contributed by atoms with van der Waals surface area (Å²) in [6.45, 7) is 6.92. The highest BCUT2D eigenvalue weighted by atomic mass is 35.5. The van der Waals surface area contributed by atoms with Crippen molar-refractivity contribution in [3.63, 3.8) is 0 Å². The Morgan fingerprint density at radius 2 is 1.95 bits per heavy atom.